The van der Waals surface area contributed by atoms with Crippen LogP contribution in [0.4, 0.5) is 17.1 Å². The van der Waals surface area contributed by atoms with Crippen LogP contribution >= 0.6 is 11.3 Å². The van der Waals surface area contributed by atoms with Crippen molar-refractivity contribution in [3.63, 3.8) is 0 Å². The fraction of sp³-hybridized carbons (Fsp3) is 0.111. The second kappa shape index (κ2) is 11.6. The van der Waals surface area contributed by atoms with E-state index in [1.807, 2.05) is 11.3 Å². The van der Waals surface area contributed by atoms with Gasteiger partial charge in [0.25, 0.3) is 0 Å². The van der Waals surface area contributed by atoms with Crippen LogP contribution in [-0.2, 0) is 10.8 Å². The average Bonchev–Trinajstić information content (AvgIpc) is 3.94. The minimum Gasteiger partial charge on any atom is -0.455 e. The lowest BCUT2D eigenvalue weighted by Crippen LogP contribution is -2.17. The maximum Gasteiger partial charge on any atom is 0.143 e. The molecule has 0 aliphatic heterocycles. The molecule has 0 amide bonds. The number of furan rings is 1. The van der Waals surface area contributed by atoms with Gasteiger partial charge in [0.15, 0.2) is 0 Å². The molecule has 2 nitrogen and oxygen atoms in total. The molecule has 2 heterocycles. The SMILES string of the molecule is CC1(C)c2ccc(N(c3ccc(-c4ccccc4)cc3)c3ccc4c(c3)C(C)(C)c3ccc5c(sc6ccccc65)c3-4)cc2-c2c1ccc1c2oc2ccccc21. The van der Waals surface area contributed by atoms with Crippen LogP contribution in [-0.4, -0.2) is 0 Å². The highest BCUT2D eigenvalue weighted by Crippen LogP contribution is 2.57. The molecule has 0 saturated heterocycles. The number of benzene rings is 8. The lowest BCUT2D eigenvalue weighted by Gasteiger charge is -2.29. The molecule has 10 aromatic rings. The summed E-state index contributed by atoms with van der Waals surface area (Å²) < 4.78 is 9.44. The maximum atomic E-state index is 6.71. The van der Waals surface area contributed by atoms with Gasteiger partial charge in [-0.2, -0.15) is 0 Å². The molecule has 0 bridgehead atoms. The van der Waals surface area contributed by atoms with Gasteiger partial charge in [-0.3, -0.25) is 0 Å². The number of thiophene rings is 1. The van der Waals surface area contributed by atoms with E-state index in [2.05, 4.69) is 196 Å². The summed E-state index contributed by atoms with van der Waals surface area (Å²) in [6, 6.07) is 60.6. The number of fused-ring (bicyclic) bond motifs is 14. The second-order valence-electron chi connectivity index (χ2n) is 16.9. The second-order valence-corrected chi connectivity index (χ2v) is 17.9. The van der Waals surface area contributed by atoms with Crippen LogP contribution in [0, 0.1) is 0 Å². The summed E-state index contributed by atoms with van der Waals surface area (Å²) in [5.74, 6) is 0. The van der Waals surface area contributed by atoms with Crippen LogP contribution in [0.1, 0.15) is 49.9 Å². The average molecular weight is 750 g/mol. The fourth-order valence-electron chi connectivity index (χ4n) is 10.2. The molecular weight excluding hydrogens is 711 g/mol. The summed E-state index contributed by atoms with van der Waals surface area (Å²) in [5, 5.41) is 5.02. The van der Waals surface area contributed by atoms with Crippen molar-refractivity contribution in [1.29, 1.82) is 0 Å². The molecule has 0 N–H and O–H groups in total. The lowest BCUT2D eigenvalue weighted by atomic mass is 9.82. The molecule has 57 heavy (non-hydrogen) atoms. The van der Waals surface area contributed by atoms with Crippen LogP contribution in [0.3, 0.4) is 0 Å². The van der Waals surface area contributed by atoms with Gasteiger partial charge in [0, 0.05) is 70.0 Å². The topological polar surface area (TPSA) is 16.4 Å². The number of hydrogen-bond acceptors (Lipinski definition) is 3. The molecule has 0 radical (unpaired) electrons. The first-order valence-electron chi connectivity index (χ1n) is 19.9. The van der Waals surface area contributed by atoms with Gasteiger partial charge in [-0.15, -0.1) is 11.3 Å². The quantitative estimate of drug-likeness (QED) is 0.178. The Kier molecular flexibility index (Phi) is 6.65. The third-order valence-corrected chi connectivity index (χ3v) is 14.3. The highest BCUT2D eigenvalue weighted by Gasteiger charge is 2.40. The van der Waals surface area contributed by atoms with Crippen molar-refractivity contribution in [3.05, 3.63) is 186 Å². The molecule has 0 atom stereocenters. The summed E-state index contributed by atoms with van der Waals surface area (Å²) in [4.78, 5) is 2.45. The lowest BCUT2D eigenvalue weighted by molar-refractivity contribution is 0.653. The summed E-state index contributed by atoms with van der Waals surface area (Å²) >= 11 is 1.92. The Morgan fingerprint density at radius 1 is 0.439 bits per heavy atom. The van der Waals surface area contributed by atoms with Gasteiger partial charge in [0.1, 0.15) is 11.2 Å². The normalized spacial score (nSPS) is 14.6. The van der Waals surface area contributed by atoms with Crippen molar-refractivity contribution in [1.82, 2.24) is 0 Å². The number of nitrogens with zero attached hydrogens (tertiary/aromatic N) is 1. The van der Waals surface area contributed by atoms with Crippen molar-refractivity contribution in [2.45, 2.75) is 38.5 Å². The largest absolute Gasteiger partial charge is 0.455 e. The van der Waals surface area contributed by atoms with E-state index < -0.39 is 0 Å². The van der Waals surface area contributed by atoms with Crippen molar-refractivity contribution >= 4 is 70.5 Å². The van der Waals surface area contributed by atoms with Crippen LogP contribution in [0.5, 0.6) is 0 Å². The van der Waals surface area contributed by atoms with E-state index in [0.717, 1.165) is 33.6 Å². The number of hydrogen-bond donors (Lipinski definition) is 0. The molecule has 0 fully saturated rings. The Labute approximate surface area is 336 Å². The molecule has 2 aromatic heterocycles. The first-order chi connectivity index (χ1) is 27.8. The molecule has 2 aliphatic rings. The minimum atomic E-state index is -0.167. The van der Waals surface area contributed by atoms with Gasteiger partial charge in [-0.25, -0.2) is 0 Å². The summed E-state index contributed by atoms with van der Waals surface area (Å²) in [6.45, 7) is 9.48. The highest BCUT2D eigenvalue weighted by atomic mass is 32.1. The molecular formula is C54H39NOS. The fourth-order valence-corrected chi connectivity index (χ4v) is 11.4. The number of rotatable bonds is 4. The smallest absolute Gasteiger partial charge is 0.143 e. The van der Waals surface area contributed by atoms with E-state index in [1.165, 1.54) is 81.2 Å². The zero-order valence-corrected chi connectivity index (χ0v) is 33.2. The van der Waals surface area contributed by atoms with Crippen LogP contribution < -0.4 is 4.90 Å². The summed E-state index contributed by atoms with van der Waals surface area (Å²) in [7, 11) is 0. The Hall–Kier alpha value is -6.42. The van der Waals surface area contributed by atoms with Gasteiger partial charge >= 0.3 is 0 Å². The third kappa shape index (κ3) is 4.52. The van der Waals surface area contributed by atoms with Gasteiger partial charge in [-0.1, -0.05) is 143 Å². The zero-order chi connectivity index (χ0) is 38.2. The Morgan fingerprint density at radius 3 is 1.88 bits per heavy atom. The summed E-state index contributed by atoms with van der Waals surface area (Å²) in [6.07, 6.45) is 0. The van der Waals surface area contributed by atoms with E-state index in [-0.39, 0.29) is 10.8 Å². The van der Waals surface area contributed by atoms with E-state index >= 15 is 0 Å². The first-order valence-corrected chi connectivity index (χ1v) is 20.7. The van der Waals surface area contributed by atoms with Gasteiger partial charge in [0.05, 0.1) is 0 Å². The van der Waals surface area contributed by atoms with Gasteiger partial charge in [0.2, 0.25) is 0 Å². The molecule has 8 aromatic carbocycles. The van der Waals surface area contributed by atoms with Crippen LogP contribution in [0.2, 0.25) is 0 Å². The predicted octanol–water partition coefficient (Wildman–Crippen LogP) is 15.7. The third-order valence-electron chi connectivity index (χ3n) is 13.1. The molecule has 12 rings (SSSR count). The van der Waals surface area contributed by atoms with Crippen molar-refractivity contribution in [2.24, 2.45) is 0 Å². The summed E-state index contributed by atoms with van der Waals surface area (Å²) in [5.41, 5.74) is 18.0. The van der Waals surface area contributed by atoms with Crippen molar-refractivity contribution in [2.75, 3.05) is 4.90 Å². The van der Waals surface area contributed by atoms with Crippen molar-refractivity contribution in [3.8, 4) is 33.4 Å². The van der Waals surface area contributed by atoms with Crippen LogP contribution in [0.15, 0.2) is 168 Å². The van der Waals surface area contributed by atoms with E-state index in [0.29, 0.717) is 0 Å². The molecule has 2 aliphatic carbocycles. The van der Waals surface area contributed by atoms with Crippen molar-refractivity contribution < 1.29 is 4.42 Å². The van der Waals surface area contributed by atoms with Crippen LogP contribution in [0.25, 0.3) is 75.5 Å². The molecule has 0 spiro atoms. The van der Waals surface area contributed by atoms with E-state index in [1.54, 1.807) is 0 Å². The van der Waals surface area contributed by atoms with E-state index in [9.17, 15) is 0 Å². The number of para-hydroxylation sites is 1. The Bertz CT molecular complexity index is 3290. The predicted molar refractivity (Wildman–Crippen MR) is 242 cm³/mol. The molecule has 3 heteroatoms. The molecule has 0 saturated carbocycles. The minimum absolute atomic E-state index is 0.165. The number of anilines is 3. The van der Waals surface area contributed by atoms with Gasteiger partial charge in [-0.05, 0) is 93.0 Å². The molecule has 0 unspecified atom stereocenters. The maximum absolute atomic E-state index is 6.71. The standard InChI is InChI=1S/C54H39NOS/c1-53(2)43-27-23-35(30-42(43)49-44(53)28-25-39-37-14-8-10-16-47(37)56-51(39)49)55(34-20-18-33(19-21-34)32-12-6-5-7-13-32)36-22-24-41-46(31-36)54(3,4)45-29-26-40-38-15-9-11-17-48(38)57-52(40)50(41)45/h5-31H,1-4H3. The Balaban J connectivity index is 1.07. The van der Waals surface area contributed by atoms with E-state index in [4.69, 9.17) is 4.42 Å². The highest BCUT2D eigenvalue weighted by molar-refractivity contribution is 7.26. The zero-order valence-electron chi connectivity index (χ0n) is 32.4. The molecule has 272 valence electrons. The first kappa shape index (κ1) is 32.8. The monoisotopic (exact) mass is 749 g/mol. The van der Waals surface area contributed by atoms with Gasteiger partial charge < -0.3 is 9.32 Å². The Morgan fingerprint density at radius 2 is 1.05 bits per heavy atom.